The highest BCUT2D eigenvalue weighted by Gasteiger charge is 2.13. The molecule has 4 heteroatoms. The van der Waals surface area contributed by atoms with E-state index in [1.165, 1.54) is 0 Å². The summed E-state index contributed by atoms with van der Waals surface area (Å²) in [6, 6.07) is 17.0. The van der Waals surface area contributed by atoms with Gasteiger partial charge in [0.2, 0.25) is 5.91 Å². The quantitative estimate of drug-likeness (QED) is 0.633. The van der Waals surface area contributed by atoms with Crippen LogP contribution in [0.5, 0.6) is 5.75 Å². The van der Waals surface area contributed by atoms with Gasteiger partial charge in [-0.1, -0.05) is 42.5 Å². The van der Waals surface area contributed by atoms with Crippen molar-refractivity contribution >= 4 is 11.6 Å². The molecule has 1 amide bonds. The largest absolute Gasteiger partial charge is 0.490 e. The molecular formula is C17H20N2O2. The van der Waals surface area contributed by atoms with E-state index in [4.69, 9.17) is 10.5 Å². The molecule has 2 aromatic rings. The van der Waals surface area contributed by atoms with Crippen LogP contribution in [0.25, 0.3) is 0 Å². The first-order chi connectivity index (χ1) is 10.2. The van der Waals surface area contributed by atoms with Crippen LogP contribution in [0.3, 0.4) is 0 Å². The smallest absolute Gasteiger partial charge is 0.227 e. The maximum atomic E-state index is 12.0. The monoisotopic (exact) mass is 284 g/mol. The molecule has 4 nitrogen and oxygen atoms in total. The number of nitrogens with one attached hydrogen (secondary N) is 1. The lowest BCUT2D eigenvalue weighted by Gasteiger charge is -2.13. The third kappa shape index (κ3) is 4.24. The topological polar surface area (TPSA) is 64.3 Å². The van der Waals surface area contributed by atoms with Gasteiger partial charge in [-0.3, -0.25) is 4.79 Å². The molecule has 1 unspecified atom stereocenters. The number of nitrogens with two attached hydrogens (primary N) is 1. The van der Waals surface area contributed by atoms with Gasteiger partial charge in [0, 0.05) is 0 Å². The molecule has 110 valence electrons. The van der Waals surface area contributed by atoms with Gasteiger partial charge in [0.15, 0.2) is 0 Å². The van der Waals surface area contributed by atoms with Gasteiger partial charge < -0.3 is 15.8 Å². The van der Waals surface area contributed by atoms with Gasteiger partial charge in [-0.25, -0.2) is 0 Å². The highest BCUT2D eigenvalue weighted by atomic mass is 16.5. The molecular weight excluding hydrogens is 264 g/mol. The van der Waals surface area contributed by atoms with Crippen molar-refractivity contribution in [1.82, 2.24) is 5.32 Å². The zero-order chi connectivity index (χ0) is 15.1. The van der Waals surface area contributed by atoms with Gasteiger partial charge in [-0.15, -0.1) is 0 Å². The van der Waals surface area contributed by atoms with E-state index >= 15 is 0 Å². The number of carbonyl (C=O) groups excluding carboxylic acids is 1. The molecule has 0 heterocycles. The number of para-hydroxylation sites is 2. The molecule has 0 aliphatic carbocycles. The van der Waals surface area contributed by atoms with Crippen LogP contribution in [0, 0.1) is 0 Å². The molecule has 0 aliphatic heterocycles. The van der Waals surface area contributed by atoms with E-state index in [9.17, 15) is 4.79 Å². The molecule has 1 atom stereocenters. The standard InChI is InChI=1S/C17H20N2O2/c1-13(14-7-3-2-4-8-14)17(20)19-11-12-21-16-10-6-5-9-15(16)18/h2-10,13H,11-12,18H2,1H3,(H,19,20). The minimum absolute atomic E-state index is 0.00849. The number of amides is 1. The minimum Gasteiger partial charge on any atom is -0.490 e. The molecule has 0 aromatic heterocycles. The fourth-order valence-electron chi connectivity index (χ4n) is 1.99. The lowest BCUT2D eigenvalue weighted by Crippen LogP contribution is -2.31. The lowest BCUT2D eigenvalue weighted by molar-refractivity contribution is -0.122. The summed E-state index contributed by atoms with van der Waals surface area (Å²) >= 11 is 0. The molecule has 0 bridgehead atoms. The Kier molecular flexibility index (Phi) is 5.21. The van der Waals surface area contributed by atoms with Crippen LogP contribution in [0.1, 0.15) is 18.4 Å². The Morgan fingerprint density at radius 2 is 1.81 bits per heavy atom. The summed E-state index contributed by atoms with van der Waals surface area (Å²) in [6.07, 6.45) is 0. The predicted octanol–water partition coefficient (Wildman–Crippen LogP) is 2.57. The summed E-state index contributed by atoms with van der Waals surface area (Å²) in [6.45, 7) is 2.73. The Balaban J connectivity index is 1.76. The maximum absolute atomic E-state index is 12.0. The van der Waals surface area contributed by atoms with Gasteiger partial charge in [0.25, 0.3) is 0 Å². The number of ether oxygens (including phenoxy) is 1. The average Bonchev–Trinajstić information content (AvgIpc) is 2.53. The number of benzene rings is 2. The number of anilines is 1. The van der Waals surface area contributed by atoms with Crippen LogP contribution in [0.2, 0.25) is 0 Å². The highest BCUT2D eigenvalue weighted by Crippen LogP contribution is 2.19. The van der Waals surface area contributed by atoms with Gasteiger partial charge in [0.05, 0.1) is 18.2 Å². The fraction of sp³-hybridized carbons (Fsp3) is 0.235. The summed E-state index contributed by atoms with van der Waals surface area (Å²) in [5, 5.41) is 2.87. The van der Waals surface area contributed by atoms with E-state index in [2.05, 4.69) is 5.32 Å². The number of carbonyl (C=O) groups is 1. The van der Waals surface area contributed by atoms with Gasteiger partial charge in [-0.2, -0.15) is 0 Å². The van der Waals surface area contributed by atoms with Crippen molar-refractivity contribution in [1.29, 1.82) is 0 Å². The maximum Gasteiger partial charge on any atom is 0.227 e. The Hall–Kier alpha value is -2.49. The second kappa shape index (κ2) is 7.33. The normalized spacial score (nSPS) is 11.7. The molecule has 0 spiro atoms. The molecule has 3 N–H and O–H groups in total. The SMILES string of the molecule is CC(C(=O)NCCOc1ccccc1N)c1ccccc1. The molecule has 0 fully saturated rings. The van der Waals surface area contributed by atoms with Gasteiger partial charge in [0.1, 0.15) is 12.4 Å². The van der Waals surface area contributed by atoms with E-state index in [-0.39, 0.29) is 11.8 Å². The van der Waals surface area contributed by atoms with Crippen molar-refractivity contribution < 1.29 is 9.53 Å². The minimum atomic E-state index is -0.173. The zero-order valence-electron chi connectivity index (χ0n) is 12.1. The van der Waals surface area contributed by atoms with Crippen molar-refractivity contribution in [2.75, 3.05) is 18.9 Å². The average molecular weight is 284 g/mol. The Bertz CT molecular complexity index is 584. The summed E-state index contributed by atoms with van der Waals surface area (Å²) in [5.41, 5.74) is 7.38. The number of nitrogen functional groups attached to an aromatic ring is 1. The number of hydrogen-bond donors (Lipinski definition) is 2. The summed E-state index contributed by atoms with van der Waals surface area (Å²) in [7, 11) is 0. The van der Waals surface area contributed by atoms with E-state index in [1.807, 2.05) is 55.5 Å². The lowest BCUT2D eigenvalue weighted by atomic mass is 10.0. The summed E-state index contributed by atoms with van der Waals surface area (Å²) in [5.74, 6) is 0.460. The van der Waals surface area contributed by atoms with Crippen molar-refractivity contribution in [2.45, 2.75) is 12.8 Å². The molecule has 0 aliphatic rings. The van der Waals surface area contributed by atoms with E-state index in [1.54, 1.807) is 6.07 Å². The second-order valence-electron chi connectivity index (χ2n) is 4.81. The van der Waals surface area contributed by atoms with E-state index in [0.29, 0.717) is 24.6 Å². The van der Waals surface area contributed by atoms with Crippen molar-refractivity contribution in [3.05, 3.63) is 60.2 Å². The fourth-order valence-corrected chi connectivity index (χ4v) is 1.99. The van der Waals surface area contributed by atoms with Gasteiger partial charge >= 0.3 is 0 Å². The first-order valence-electron chi connectivity index (χ1n) is 6.98. The Labute approximate surface area is 124 Å². The molecule has 0 radical (unpaired) electrons. The predicted molar refractivity (Wildman–Crippen MR) is 84.2 cm³/mol. The molecule has 0 saturated carbocycles. The molecule has 2 aromatic carbocycles. The van der Waals surface area contributed by atoms with Crippen LogP contribution < -0.4 is 15.8 Å². The first kappa shape index (κ1) is 14.9. The molecule has 0 saturated heterocycles. The summed E-state index contributed by atoms with van der Waals surface area (Å²) in [4.78, 5) is 12.0. The number of rotatable bonds is 6. The van der Waals surface area contributed by atoms with Crippen molar-refractivity contribution in [3.63, 3.8) is 0 Å². The first-order valence-corrected chi connectivity index (χ1v) is 6.98. The van der Waals surface area contributed by atoms with Crippen LogP contribution >= 0.6 is 0 Å². The second-order valence-corrected chi connectivity index (χ2v) is 4.81. The zero-order valence-corrected chi connectivity index (χ0v) is 12.1. The van der Waals surface area contributed by atoms with E-state index in [0.717, 1.165) is 5.56 Å². The Morgan fingerprint density at radius 1 is 1.14 bits per heavy atom. The third-order valence-corrected chi connectivity index (χ3v) is 3.27. The highest BCUT2D eigenvalue weighted by molar-refractivity contribution is 5.83. The van der Waals surface area contributed by atoms with E-state index < -0.39 is 0 Å². The van der Waals surface area contributed by atoms with Gasteiger partial charge in [-0.05, 0) is 24.6 Å². The van der Waals surface area contributed by atoms with Crippen molar-refractivity contribution in [2.24, 2.45) is 0 Å². The molecule has 2 rings (SSSR count). The van der Waals surface area contributed by atoms with Crippen molar-refractivity contribution in [3.8, 4) is 5.75 Å². The number of hydrogen-bond acceptors (Lipinski definition) is 3. The summed E-state index contributed by atoms with van der Waals surface area (Å²) < 4.78 is 5.53. The van der Waals surface area contributed by atoms with Crippen LogP contribution in [-0.2, 0) is 4.79 Å². The third-order valence-electron chi connectivity index (χ3n) is 3.27. The van der Waals surface area contributed by atoms with Crippen LogP contribution in [-0.4, -0.2) is 19.1 Å². The van der Waals surface area contributed by atoms with Crippen LogP contribution in [0.15, 0.2) is 54.6 Å². The Morgan fingerprint density at radius 3 is 2.52 bits per heavy atom. The molecule has 21 heavy (non-hydrogen) atoms. The van der Waals surface area contributed by atoms with Crippen LogP contribution in [0.4, 0.5) is 5.69 Å².